The molecule has 1 aliphatic heterocycles. The van der Waals surface area contributed by atoms with Crippen LogP contribution in [-0.2, 0) is 4.74 Å². The van der Waals surface area contributed by atoms with Gasteiger partial charge in [0.1, 0.15) is 11.1 Å². The number of nitrogens with two attached hydrogens (primary N) is 1. The standard InChI is InChI=1S/C14H16N4O2S/c1-9-8-21-14(17-9)12-7-18(4-5-20-12)11-2-3-16-6-10(11)13(15)19/h2-3,6,8,12H,4-5,7H2,1H3,(H2,15,19). The molecule has 1 fully saturated rings. The molecule has 6 nitrogen and oxygen atoms in total. The van der Waals surface area contributed by atoms with Gasteiger partial charge in [0.15, 0.2) is 0 Å². The van der Waals surface area contributed by atoms with Gasteiger partial charge in [-0.1, -0.05) is 0 Å². The Bertz CT molecular complexity index is 658. The predicted octanol–water partition coefficient (Wildman–Crippen LogP) is 1.52. The lowest BCUT2D eigenvalue weighted by atomic mass is 10.1. The fraction of sp³-hybridized carbons (Fsp3) is 0.357. The van der Waals surface area contributed by atoms with E-state index in [4.69, 9.17) is 10.5 Å². The highest BCUT2D eigenvalue weighted by Crippen LogP contribution is 2.29. The van der Waals surface area contributed by atoms with E-state index in [9.17, 15) is 4.79 Å². The average Bonchev–Trinajstić information content (AvgIpc) is 2.94. The molecule has 0 aromatic carbocycles. The molecule has 1 aliphatic rings. The lowest BCUT2D eigenvalue weighted by Crippen LogP contribution is -2.39. The third kappa shape index (κ3) is 2.88. The first kappa shape index (κ1) is 14.0. The fourth-order valence-electron chi connectivity index (χ4n) is 2.39. The average molecular weight is 304 g/mol. The molecule has 3 heterocycles. The van der Waals surface area contributed by atoms with E-state index < -0.39 is 5.91 Å². The quantitative estimate of drug-likeness (QED) is 0.930. The number of rotatable bonds is 3. The molecular formula is C14H16N4O2S. The molecule has 1 amide bonds. The predicted molar refractivity (Wildman–Crippen MR) is 80.5 cm³/mol. The number of primary amides is 1. The largest absolute Gasteiger partial charge is 0.367 e. The maximum Gasteiger partial charge on any atom is 0.252 e. The molecule has 2 aromatic rings. The smallest absolute Gasteiger partial charge is 0.252 e. The molecule has 110 valence electrons. The molecule has 7 heteroatoms. The minimum Gasteiger partial charge on any atom is -0.367 e. The third-order valence-corrected chi connectivity index (χ3v) is 4.44. The number of hydrogen-bond acceptors (Lipinski definition) is 6. The van der Waals surface area contributed by atoms with E-state index in [1.807, 2.05) is 18.4 Å². The van der Waals surface area contributed by atoms with Gasteiger partial charge in [-0.2, -0.15) is 0 Å². The summed E-state index contributed by atoms with van der Waals surface area (Å²) in [7, 11) is 0. The zero-order valence-corrected chi connectivity index (χ0v) is 12.5. The van der Waals surface area contributed by atoms with Crippen molar-refractivity contribution in [3.05, 3.63) is 40.1 Å². The van der Waals surface area contributed by atoms with Gasteiger partial charge in [-0.05, 0) is 13.0 Å². The number of aryl methyl sites for hydroxylation is 1. The number of anilines is 1. The Labute approximate surface area is 126 Å². The Morgan fingerprint density at radius 3 is 3.14 bits per heavy atom. The molecule has 1 unspecified atom stereocenters. The zero-order valence-electron chi connectivity index (χ0n) is 11.7. The van der Waals surface area contributed by atoms with Crippen LogP contribution in [0.1, 0.15) is 27.2 Å². The number of thiazole rings is 1. The number of aromatic nitrogens is 2. The lowest BCUT2D eigenvalue weighted by Gasteiger charge is -2.34. The van der Waals surface area contributed by atoms with Crippen LogP contribution in [0.2, 0.25) is 0 Å². The van der Waals surface area contributed by atoms with E-state index in [-0.39, 0.29) is 6.10 Å². The van der Waals surface area contributed by atoms with Crippen molar-refractivity contribution in [2.24, 2.45) is 5.73 Å². The summed E-state index contributed by atoms with van der Waals surface area (Å²) >= 11 is 1.60. The van der Waals surface area contributed by atoms with Crippen LogP contribution in [0.25, 0.3) is 0 Å². The van der Waals surface area contributed by atoms with Crippen molar-refractivity contribution in [2.45, 2.75) is 13.0 Å². The second-order valence-corrected chi connectivity index (χ2v) is 5.78. The molecule has 0 bridgehead atoms. The van der Waals surface area contributed by atoms with Crippen molar-refractivity contribution in [2.75, 3.05) is 24.6 Å². The van der Waals surface area contributed by atoms with Gasteiger partial charge in [0, 0.05) is 30.0 Å². The Hall–Kier alpha value is -1.99. The van der Waals surface area contributed by atoms with Gasteiger partial charge < -0.3 is 15.4 Å². The Balaban J connectivity index is 1.85. The molecule has 21 heavy (non-hydrogen) atoms. The second kappa shape index (κ2) is 5.79. The molecular weight excluding hydrogens is 288 g/mol. The van der Waals surface area contributed by atoms with E-state index in [1.54, 1.807) is 17.5 Å². The molecule has 2 N–H and O–H groups in total. The summed E-state index contributed by atoms with van der Waals surface area (Å²) in [5, 5.41) is 2.98. The normalized spacial score (nSPS) is 18.7. The summed E-state index contributed by atoms with van der Waals surface area (Å²) in [6.07, 6.45) is 3.10. The number of pyridine rings is 1. The summed E-state index contributed by atoms with van der Waals surface area (Å²) in [6, 6.07) is 1.82. The minimum absolute atomic E-state index is 0.0775. The van der Waals surface area contributed by atoms with Gasteiger partial charge >= 0.3 is 0 Å². The second-order valence-electron chi connectivity index (χ2n) is 4.89. The van der Waals surface area contributed by atoms with Gasteiger partial charge in [0.25, 0.3) is 5.91 Å². The molecule has 1 saturated heterocycles. The maximum absolute atomic E-state index is 11.5. The van der Waals surface area contributed by atoms with Crippen LogP contribution in [-0.4, -0.2) is 35.6 Å². The molecule has 0 spiro atoms. The molecule has 0 aliphatic carbocycles. The van der Waals surface area contributed by atoms with Crippen molar-refractivity contribution in [1.29, 1.82) is 0 Å². The van der Waals surface area contributed by atoms with E-state index >= 15 is 0 Å². The van der Waals surface area contributed by atoms with Crippen LogP contribution < -0.4 is 10.6 Å². The van der Waals surface area contributed by atoms with Crippen molar-refractivity contribution in [3.63, 3.8) is 0 Å². The first-order chi connectivity index (χ1) is 10.1. The Morgan fingerprint density at radius 1 is 1.57 bits per heavy atom. The SMILES string of the molecule is Cc1csc(C2CN(c3ccncc3C(N)=O)CCO2)n1. The van der Waals surface area contributed by atoms with Gasteiger partial charge in [-0.3, -0.25) is 9.78 Å². The van der Waals surface area contributed by atoms with Crippen molar-refractivity contribution >= 4 is 22.9 Å². The summed E-state index contributed by atoms with van der Waals surface area (Å²) in [5.41, 5.74) is 7.66. The highest BCUT2D eigenvalue weighted by molar-refractivity contribution is 7.09. The number of ether oxygens (including phenoxy) is 1. The summed E-state index contributed by atoms with van der Waals surface area (Å²) in [5.74, 6) is -0.466. The van der Waals surface area contributed by atoms with Crippen LogP contribution in [0.4, 0.5) is 5.69 Å². The number of carbonyl (C=O) groups excluding carboxylic acids is 1. The number of nitrogens with zero attached hydrogens (tertiary/aromatic N) is 3. The summed E-state index contributed by atoms with van der Waals surface area (Å²) < 4.78 is 5.80. The van der Waals surface area contributed by atoms with Gasteiger partial charge in [-0.25, -0.2) is 4.98 Å². The van der Waals surface area contributed by atoms with Crippen LogP contribution in [0.3, 0.4) is 0 Å². The number of morpholine rings is 1. The van der Waals surface area contributed by atoms with Crippen LogP contribution in [0.15, 0.2) is 23.8 Å². The minimum atomic E-state index is -0.466. The Kier molecular flexibility index (Phi) is 3.85. The molecule has 0 radical (unpaired) electrons. The highest BCUT2D eigenvalue weighted by atomic mass is 32.1. The molecule has 3 rings (SSSR count). The molecule has 0 saturated carbocycles. The summed E-state index contributed by atoms with van der Waals surface area (Å²) in [6.45, 7) is 3.92. The van der Waals surface area contributed by atoms with E-state index in [2.05, 4.69) is 14.9 Å². The number of amides is 1. The first-order valence-electron chi connectivity index (χ1n) is 6.67. The number of hydrogen-bond donors (Lipinski definition) is 1. The lowest BCUT2D eigenvalue weighted by molar-refractivity contribution is 0.0395. The first-order valence-corrected chi connectivity index (χ1v) is 7.55. The van der Waals surface area contributed by atoms with Crippen LogP contribution in [0, 0.1) is 6.92 Å². The van der Waals surface area contributed by atoms with Gasteiger partial charge in [-0.15, -0.1) is 11.3 Å². The van der Waals surface area contributed by atoms with Crippen molar-refractivity contribution in [3.8, 4) is 0 Å². The van der Waals surface area contributed by atoms with E-state index in [0.717, 1.165) is 16.4 Å². The van der Waals surface area contributed by atoms with Crippen molar-refractivity contribution in [1.82, 2.24) is 9.97 Å². The van der Waals surface area contributed by atoms with E-state index in [1.165, 1.54) is 6.20 Å². The van der Waals surface area contributed by atoms with Crippen LogP contribution in [0.5, 0.6) is 0 Å². The fourth-order valence-corrected chi connectivity index (χ4v) is 3.23. The maximum atomic E-state index is 11.5. The summed E-state index contributed by atoms with van der Waals surface area (Å²) in [4.78, 5) is 22.1. The third-order valence-electron chi connectivity index (χ3n) is 3.38. The highest BCUT2D eigenvalue weighted by Gasteiger charge is 2.26. The molecule has 2 aromatic heterocycles. The van der Waals surface area contributed by atoms with E-state index in [0.29, 0.717) is 25.3 Å². The zero-order chi connectivity index (χ0) is 14.8. The van der Waals surface area contributed by atoms with Gasteiger partial charge in [0.2, 0.25) is 0 Å². The molecule has 1 atom stereocenters. The van der Waals surface area contributed by atoms with Crippen LogP contribution >= 0.6 is 11.3 Å². The topological polar surface area (TPSA) is 81.3 Å². The monoisotopic (exact) mass is 304 g/mol. The van der Waals surface area contributed by atoms with Crippen molar-refractivity contribution < 1.29 is 9.53 Å². The number of carbonyl (C=O) groups is 1. The Morgan fingerprint density at radius 2 is 2.43 bits per heavy atom. The van der Waals surface area contributed by atoms with Gasteiger partial charge in [0.05, 0.1) is 24.4 Å².